The number of nitrogens with one attached hydrogen (secondary N) is 1. The molecule has 9 nitrogen and oxygen atoms in total. The molecular weight excluding hydrogens is 516 g/mol. The molecule has 208 valence electrons. The Morgan fingerprint density at radius 1 is 1.00 bits per heavy atom. The smallest absolute Gasteiger partial charge is 0.303 e. The SMILES string of the molecule is CS[C@H]1O[C@@H](c2ccc(C)c(Cc3ccc(CCCc4nn[nH]n4)cc3)c2)[C@H](C)[C@@H](OC(C)=O)[C@@H]1OC(C)=O. The summed E-state index contributed by atoms with van der Waals surface area (Å²) in [5, 5.41) is 14.1. The van der Waals surface area contributed by atoms with Gasteiger partial charge in [-0.2, -0.15) is 5.21 Å². The zero-order valence-electron chi connectivity index (χ0n) is 23.0. The van der Waals surface area contributed by atoms with Gasteiger partial charge in [0, 0.05) is 26.2 Å². The standard InChI is InChI=1S/C29H36N4O5S/c1-17-9-14-23(26-18(2)27(36-19(3)34)28(37-20(4)35)29(38-26)39-5)16-24(17)15-22-12-10-21(11-13-22)7-6-8-25-30-32-33-31-25/h9-14,16,18,26-29H,6-8,15H2,1-5H3,(H,30,31,32,33)/t18-,26+,27+,28-,29+/m0/s1. The van der Waals surface area contributed by atoms with Crippen LogP contribution in [0.15, 0.2) is 42.5 Å². The molecule has 10 heteroatoms. The van der Waals surface area contributed by atoms with Crippen molar-refractivity contribution >= 4 is 23.7 Å². The predicted octanol–water partition coefficient (Wildman–Crippen LogP) is 4.53. The quantitative estimate of drug-likeness (QED) is 0.362. The van der Waals surface area contributed by atoms with E-state index < -0.39 is 29.6 Å². The molecule has 0 amide bonds. The number of nitrogens with zero attached hydrogens (tertiary/aromatic N) is 3. The summed E-state index contributed by atoms with van der Waals surface area (Å²) in [5.74, 6) is -0.319. The van der Waals surface area contributed by atoms with Crippen LogP contribution in [-0.2, 0) is 43.1 Å². The van der Waals surface area contributed by atoms with Gasteiger partial charge in [0.05, 0.1) is 6.10 Å². The number of aromatic nitrogens is 4. The number of H-pyrrole nitrogens is 1. The first-order valence-electron chi connectivity index (χ1n) is 13.2. The molecule has 0 aliphatic carbocycles. The van der Waals surface area contributed by atoms with E-state index in [-0.39, 0.29) is 12.0 Å². The summed E-state index contributed by atoms with van der Waals surface area (Å²) in [6.07, 6.45) is 3.79. The van der Waals surface area contributed by atoms with Crippen LogP contribution < -0.4 is 0 Å². The summed E-state index contributed by atoms with van der Waals surface area (Å²) in [5.41, 5.74) is 5.46. The topological polar surface area (TPSA) is 116 Å². The fourth-order valence-corrected chi connectivity index (χ4v) is 5.78. The number of tetrazole rings is 1. The summed E-state index contributed by atoms with van der Waals surface area (Å²) in [6, 6.07) is 15.1. The minimum absolute atomic E-state index is 0.219. The highest BCUT2D eigenvalue weighted by molar-refractivity contribution is 7.99. The molecule has 0 saturated carbocycles. The zero-order chi connectivity index (χ0) is 27.9. The van der Waals surface area contributed by atoms with Gasteiger partial charge in [-0.1, -0.05) is 54.6 Å². The molecule has 0 radical (unpaired) electrons. The number of hydrogen-bond donors (Lipinski definition) is 1. The van der Waals surface area contributed by atoms with Gasteiger partial charge < -0.3 is 14.2 Å². The van der Waals surface area contributed by atoms with Crippen molar-refractivity contribution < 1.29 is 23.8 Å². The molecule has 0 spiro atoms. The third kappa shape index (κ3) is 7.45. The van der Waals surface area contributed by atoms with Gasteiger partial charge in [-0.25, -0.2) is 0 Å². The Bertz CT molecular complexity index is 1250. The maximum atomic E-state index is 11.9. The number of ether oxygens (including phenoxy) is 3. The van der Waals surface area contributed by atoms with E-state index in [1.165, 1.54) is 47.9 Å². The third-order valence-electron chi connectivity index (χ3n) is 7.08. The van der Waals surface area contributed by atoms with Crippen LogP contribution >= 0.6 is 11.8 Å². The van der Waals surface area contributed by atoms with E-state index in [1.54, 1.807) is 0 Å². The number of esters is 2. The van der Waals surface area contributed by atoms with Gasteiger partial charge in [-0.05, 0) is 60.3 Å². The van der Waals surface area contributed by atoms with Gasteiger partial charge in [-0.15, -0.1) is 22.0 Å². The lowest BCUT2D eigenvalue weighted by atomic mass is 9.85. The molecule has 0 unspecified atom stereocenters. The van der Waals surface area contributed by atoms with Crippen molar-refractivity contribution in [2.75, 3.05) is 6.26 Å². The molecule has 2 heterocycles. The van der Waals surface area contributed by atoms with Gasteiger partial charge >= 0.3 is 11.9 Å². The highest BCUT2D eigenvalue weighted by Gasteiger charge is 2.48. The largest absolute Gasteiger partial charge is 0.458 e. The van der Waals surface area contributed by atoms with Gasteiger partial charge in [0.25, 0.3) is 0 Å². The number of aromatic amines is 1. The second kappa shape index (κ2) is 13.2. The predicted molar refractivity (Wildman–Crippen MR) is 148 cm³/mol. The summed E-state index contributed by atoms with van der Waals surface area (Å²) < 4.78 is 17.7. The van der Waals surface area contributed by atoms with Crippen LogP contribution in [0.25, 0.3) is 0 Å². The molecule has 1 aliphatic heterocycles. The lowest BCUT2D eigenvalue weighted by molar-refractivity contribution is -0.208. The zero-order valence-corrected chi connectivity index (χ0v) is 23.9. The van der Waals surface area contributed by atoms with Gasteiger partial charge in [-0.3, -0.25) is 9.59 Å². The Morgan fingerprint density at radius 2 is 1.69 bits per heavy atom. The lowest BCUT2D eigenvalue weighted by Gasteiger charge is -2.44. The minimum Gasteiger partial charge on any atom is -0.458 e. The molecule has 1 aromatic heterocycles. The average Bonchev–Trinajstić information content (AvgIpc) is 3.42. The second-order valence-electron chi connectivity index (χ2n) is 10.0. The summed E-state index contributed by atoms with van der Waals surface area (Å²) >= 11 is 1.44. The molecule has 0 bridgehead atoms. The van der Waals surface area contributed by atoms with Crippen LogP contribution in [0.5, 0.6) is 0 Å². The highest BCUT2D eigenvalue weighted by atomic mass is 32.2. The van der Waals surface area contributed by atoms with E-state index in [1.807, 2.05) is 13.2 Å². The third-order valence-corrected chi connectivity index (χ3v) is 7.92. The number of carbonyl (C=O) groups excluding carboxylic acids is 2. The van der Waals surface area contributed by atoms with Crippen molar-refractivity contribution in [1.82, 2.24) is 20.6 Å². The molecule has 4 rings (SSSR count). The number of aryl methyl sites for hydroxylation is 3. The van der Waals surface area contributed by atoms with E-state index >= 15 is 0 Å². The van der Waals surface area contributed by atoms with Crippen molar-refractivity contribution in [2.45, 2.75) is 77.1 Å². The molecule has 5 atom stereocenters. The molecule has 1 N–H and O–H groups in total. The van der Waals surface area contributed by atoms with E-state index in [9.17, 15) is 9.59 Å². The van der Waals surface area contributed by atoms with Crippen molar-refractivity contribution in [3.05, 3.63) is 76.1 Å². The van der Waals surface area contributed by atoms with Crippen LogP contribution in [0.3, 0.4) is 0 Å². The maximum absolute atomic E-state index is 11.9. The van der Waals surface area contributed by atoms with Crippen LogP contribution in [0, 0.1) is 12.8 Å². The fraction of sp³-hybridized carbons (Fsp3) is 0.483. The number of thioether (sulfide) groups is 1. The van der Waals surface area contributed by atoms with E-state index in [0.717, 1.165) is 37.1 Å². The Hall–Kier alpha value is -3.24. The lowest BCUT2D eigenvalue weighted by Crippen LogP contribution is -2.52. The number of carbonyl (C=O) groups is 2. The number of hydrogen-bond acceptors (Lipinski definition) is 9. The van der Waals surface area contributed by atoms with E-state index in [0.29, 0.717) is 0 Å². The van der Waals surface area contributed by atoms with Crippen LogP contribution in [0.2, 0.25) is 0 Å². The number of benzene rings is 2. The van der Waals surface area contributed by atoms with Crippen molar-refractivity contribution in [3.8, 4) is 0 Å². The molecule has 2 aromatic carbocycles. The van der Waals surface area contributed by atoms with Crippen LogP contribution in [0.4, 0.5) is 0 Å². The van der Waals surface area contributed by atoms with E-state index in [4.69, 9.17) is 14.2 Å². The second-order valence-corrected chi connectivity index (χ2v) is 11.0. The molecular formula is C29H36N4O5S. The van der Waals surface area contributed by atoms with Gasteiger partial charge in [0.1, 0.15) is 11.5 Å². The normalized spacial score (nSPS) is 22.8. The van der Waals surface area contributed by atoms with Crippen molar-refractivity contribution in [2.24, 2.45) is 5.92 Å². The average molecular weight is 553 g/mol. The first kappa shape index (κ1) is 28.8. The molecule has 1 saturated heterocycles. The molecule has 3 aromatic rings. The number of rotatable bonds is 10. The maximum Gasteiger partial charge on any atom is 0.303 e. The highest BCUT2D eigenvalue weighted by Crippen LogP contribution is 2.42. The summed E-state index contributed by atoms with van der Waals surface area (Å²) in [4.78, 5) is 23.7. The van der Waals surface area contributed by atoms with Crippen molar-refractivity contribution in [1.29, 1.82) is 0 Å². The minimum atomic E-state index is -0.678. The van der Waals surface area contributed by atoms with Crippen LogP contribution in [-0.4, -0.2) is 56.5 Å². The van der Waals surface area contributed by atoms with Crippen LogP contribution in [0.1, 0.15) is 66.9 Å². The van der Waals surface area contributed by atoms with Gasteiger partial charge in [0.15, 0.2) is 11.9 Å². The summed E-state index contributed by atoms with van der Waals surface area (Å²) in [6.45, 7) is 6.81. The Kier molecular flexibility index (Phi) is 9.74. The Morgan fingerprint density at radius 3 is 2.33 bits per heavy atom. The summed E-state index contributed by atoms with van der Waals surface area (Å²) in [7, 11) is 0. The fourth-order valence-electron chi connectivity index (χ4n) is 5.07. The molecule has 1 aliphatic rings. The van der Waals surface area contributed by atoms with Crippen molar-refractivity contribution in [3.63, 3.8) is 0 Å². The first-order chi connectivity index (χ1) is 18.7. The van der Waals surface area contributed by atoms with E-state index in [2.05, 4.69) is 70.0 Å². The molecule has 39 heavy (non-hydrogen) atoms. The van der Waals surface area contributed by atoms with Gasteiger partial charge in [0.2, 0.25) is 0 Å². The molecule has 1 fully saturated rings. The Labute approximate surface area is 233 Å². The Balaban J connectivity index is 1.48. The first-order valence-corrected chi connectivity index (χ1v) is 14.5. The monoisotopic (exact) mass is 552 g/mol.